The molecule has 0 saturated heterocycles. The molecule has 1 amide bonds. The molecule has 1 unspecified atom stereocenters. The zero-order valence-electron chi connectivity index (χ0n) is 18.1. The number of aliphatic hydroxyl groups excluding tert-OH is 2. The quantitative estimate of drug-likeness (QED) is 0.379. The van der Waals surface area contributed by atoms with Crippen LogP contribution in [0.4, 0.5) is 5.82 Å². The number of ether oxygens (including phenoxy) is 1. The summed E-state index contributed by atoms with van der Waals surface area (Å²) in [5.74, 6) is 1.43. The minimum atomic E-state index is -1.10. The molecule has 1 atom stereocenters. The number of carbonyl (C=O) groups is 1. The van der Waals surface area contributed by atoms with Crippen molar-refractivity contribution < 1.29 is 19.7 Å². The van der Waals surface area contributed by atoms with E-state index >= 15 is 0 Å². The highest BCUT2D eigenvalue weighted by molar-refractivity contribution is 6.02. The molecule has 170 valence electrons. The molecule has 0 aliphatic heterocycles. The lowest BCUT2D eigenvalue weighted by Gasteiger charge is -2.25. The molecule has 4 N–H and O–H groups in total. The molecule has 2 aromatic carbocycles. The van der Waals surface area contributed by atoms with Gasteiger partial charge in [-0.25, -0.2) is 19.7 Å². The summed E-state index contributed by atoms with van der Waals surface area (Å²) in [6.07, 6.45) is 2.17. The second-order valence-corrected chi connectivity index (χ2v) is 7.45. The number of nitrogens with two attached hydrogens (primary N) is 1. The molecule has 0 fully saturated rings. The molecule has 2 heterocycles. The van der Waals surface area contributed by atoms with E-state index in [9.17, 15) is 15.0 Å². The van der Waals surface area contributed by atoms with Crippen molar-refractivity contribution in [2.24, 2.45) is 0 Å². The number of benzene rings is 2. The lowest BCUT2D eigenvalue weighted by molar-refractivity contribution is -0.120. The normalized spacial score (nSPS) is 12.0. The lowest BCUT2D eigenvalue weighted by atomic mass is 10.1. The molecular formula is C24H25N5O4. The van der Waals surface area contributed by atoms with Crippen LogP contribution in [0.5, 0.6) is 11.5 Å². The third kappa shape index (κ3) is 4.64. The van der Waals surface area contributed by atoms with E-state index in [1.807, 2.05) is 54.6 Å². The molecule has 9 heteroatoms. The topological polar surface area (TPSA) is 127 Å². The number of carbonyl (C=O) groups excluding carboxylic acids is 1. The minimum Gasteiger partial charge on any atom is -0.457 e. The van der Waals surface area contributed by atoms with Crippen LogP contribution in [0.15, 0.2) is 67.1 Å². The number of anilines is 1. The van der Waals surface area contributed by atoms with E-state index in [2.05, 4.69) is 9.97 Å². The molecule has 0 radical (unpaired) electrons. The lowest BCUT2D eigenvalue weighted by Crippen LogP contribution is -2.45. The van der Waals surface area contributed by atoms with Gasteiger partial charge in [-0.05, 0) is 29.8 Å². The molecule has 33 heavy (non-hydrogen) atoms. The Labute approximate surface area is 190 Å². The minimum absolute atomic E-state index is 0.0971. The summed E-state index contributed by atoms with van der Waals surface area (Å²) in [4.78, 5) is 21.1. The van der Waals surface area contributed by atoms with Gasteiger partial charge in [-0.3, -0.25) is 4.79 Å². The second-order valence-electron chi connectivity index (χ2n) is 7.45. The van der Waals surface area contributed by atoms with Crippen LogP contribution in [0.1, 0.15) is 13.3 Å². The summed E-state index contributed by atoms with van der Waals surface area (Å²) in [6, 6.07) is 16.9. The van der Waals surface area contributed by atoms with Gasteiger partial charge in [-0.1, -0.05) is 37.3 Å². The van der Waals surface area contributed by atoms with Gasteiger partial charge >= 0.3 is 0 Å². The molecule has 9 nitrogen and oxygen atoms in total. The predicted octanol–water partition coefficient (Wildman–Crippen LogP) is 2.70. The zero-order valence-corrected chi connectivity index (χ0v) is 18.1. The van der Waals surface area contributed by atoms with Crippen molar-refractivity contribution in [3.8, 4) is 22.6 Å². The Balaban J connectivity index is 1.76. The van der Waals surface area contributed by atoms with Crippen molar-refractivity contribution in [1.82, 2.24) is 14.6 Å². The number of hydrogen-bond donors (Lipinski definition) is 3. The van der Waals surface area contributed by atoms with E-state index in [0.29, 0.717) is 16.8 Å². The first-order valence-electron chi connectivity index (χ1n) is 10.6. The van der Waals surface area contributed by atoms with Crippen molar-refractivity contribution in [3.63, 3.8) is 0 Å². The van der Waals surface area contributed by atoms with Gasteiger partial charge in [0, 0.05) is 18.2 Å². The molecule has 0 bridgehead atoms. The Kier molecular flexibility index (Phi) is 6.53. The van der Waals surface area contributed by atoms with Gasteiger partial charge in [0.15, 0.2) is 5.65 Å². The maximum atomic E-state index is 12.7. The van der Waals surface area contributed by atoms with E-state index < -0.39 is 12.7 Å². The molecule has 4 rings (SSSR count). The molecular weight excluding hydrogens is 422 g/mol. The highest BCUT2D eigenvalue weighted by atomic mass is 16.5. The SMILES string of the molecule is CCC(=O)N(CC(O)CO)n1cc(-c2ccc(Oc3ccccc3)cc2)c2c(N)ncnc21. The smallest absolute Gasteiger partial charge is 0.241 e. The van der Waals surface area contributed by atoms with Gasteiger partial charge in [0.1, 0.15) is 23.6 Å². The highest BCUT2D eigenvalue weighted by Crippen LogP contribution is 2.34. The maximum Gasteiger partial charge on any atom is 0.241 e. The average molecular weight is 447 g/mol. The first-order valence-corrected chi connectivity index (χ1v) is 10.6. The van der Waals surface area contributed by atoms with Crippen LogP contribution in [0.25, 0.3) is 22.2 Å². The standard InChI is InChI=1S/C24H25N5O4/c1-2-21(32)28(12-17(31)14-30)29-13-20(22-23(25)26-15-27-24(22)29)16-8-10-19(11-9-16)33-18-6-4-3-5-7-18/h3-11,13,15,17,30-31H,2,12,14H2,1H3,(H2,25,26,27). The Morgan fingerprint density at radius 2 is 1.82 bits per heavy atom. The van der Waals surface area contributed by atoms with Gasteiger partial charge in [-0.15, -0.1) is 0 Å². The van der Waals surface area contributed by atoms with Crippen LogP contribution in [-0.4, -0.2) is 50.0 Å². The third-order valence-electron chi connectivity index (χ3n) is 5.18. The average Bonchev–Trinajstić information content (AvgIpc) is 3.23. The number of para-hydroxylation sites is 1. The van der Waals surface area contributed by atoms with Crippen molar-refractivity contribution >= 4 is 22.8 Å². The number of fused-ring (bicyclic) bond motifs is 1. The summed E-state index contributed by atoms with van der Waals surface area (Å²) in [7, 11) is 0. The first-order chi connectivity index (χ1) is 16.0. The molecule has 4 aromatic rings. The van der Waals surface area contributed by atoms with Gasteiger partial charge in [0.05, 0.1) is 24.6 Å². The van der Waals surface area contributed by atoms with Gasteiger partial charge in [-0.2, -0.15) is 0 Å². The number of aliphatic hydroxyl groups is 2. The Morgan fingerprint density at radius 3 is 2.48 bits per heavy atom. The Morgan fingerprint density at radius 1 is 1.12 bits per heavy atom. The van der Waals surface area contributed by atoms with Crippen molar-refractivity contribution in [2.75, 3.05) is 23.9 Å². The van der Waals surface area contributed by atoms with Crippen molar-refractivity contribution in [1.29, 1.82) is 0 Å². The number of aromatic nitrogens is 3. The monoisotopic (exact) mass is 447 g/mol. The number of rotatable bonds is 8. The van der Waals surface area contributed by atoms with Crippen LogP contribution in [0.2, 0.25) is 0 Å². The van der Waals surface area contributed by atoms with E-state index in [0.717, 1.165) is 16.9 Å². The van der Waals surface area contributed by atoms with Crippen molar-refractivity contribution in [3.05, 3.63) is 67.1 Å². The molecule has 0 saturated carbocycles. The summed E-state index contributed by atoms with van der Waals surface area (Å²) in [5.41, 5.74) is 8.17. The van der Waals surface area contributed by atoms with Gasteiger partial charge in [0.25, 0.3) is 0 Å². The second kappa shape index (κ2) is 9.68. The number of amides is 1. The summed E-state index contributed by atoms with van der Waals surface area (Å²) in [5, 5.41) is 21.2. The summed E-state index contributed by atoms with van der Waals surface area (Å²) >= 11 is 0. The van der Waals surface area contributed by atoms with Crippen LogP contribution < -0.4 is 15.5 Å². The summed E-state index contributed by atoms with van der Waals surface area (Å²) in [6.45, 7) is 1.15. The van der Waals surface area contributed by atoms with Crippen LogP contribution >= 0.6 is 0 Å². The van der Waals surface area contributed by atoms with Crippen LogP contribution in [0.3, 0.4) is 0 Å². The highest BCUT2D eigenvalue weighted by Gasteiger charge is 2.23. The molecule has 0 aliphatic rings. The molecule has 0 aliphatic carbocycles. The third-order valence-corrected chi connectivity index (χ3v) is 5.18. The fraction of sp³-hybridized carbons (Fsp3) is 0.208. The number of hydrogen-bond acceptors (Lipinski definition) is 7. The van der Waals surface area contributed by atoms with Crippen LogP contribution in [0, 0.1) is 0 Å². The van der Waals surface area contributed by atoms with E-state index in [4.69, 9.17) is 10.5 Å². The fourth-order valence-electron chi connectivity index (χ4n) is 3.55. The van der Waals surface area contributed by atoms with Gasteiger partial charge in [0.2, 0.25) is 5.91 Å². The largest absolute Gasteiger partial charge is 0.457 e. The van der Waals surface area contributed by atoms with E-state index in [-0.39, 0.29) is 24.7 Å². The Bertz CT molecular complexity index is 1240. The van der Waals surface area contributed by atoms with E-state index in [1.165, 1.54) is 11.3 Å². The predicted molar refractivity (Wildman–Crippen MR) is 125 cm³/mol. The first kappa shape index (κ1) is 22.3. The van der Waals surface area contributed by atoms with Gasteiger partial charge < -0.3 is 20.7 Å². The fourth-order valence-corrected chi connectivity index (χ4v) is 3.55. The van der Waals surface area contributed by atoms with E-state index in [1.54, 1.807) is 17.8 Å². The van der Waals surface area contributed by atoms with Crippen LogP contribution in [-0.2, 0) is 4.79 Å². The molecule has 2 aromatic heterocycles. The summed E-state index contributed by atoms with van der Waals surface area (Å²) < 4.78 is 7.42. The molecule has 0 spiro atoms. The Hall–Kier alpha value is -3.95. The number of nitrogen functional groups attached to an aromatic ring is 1. The number of nitrogens with zero attached hydrogens (tertiary/aromatic N) is 4. The maximum absolute atomic E-state index is 12.7. The van der Waals surface area contributed by atoms with Crippen molar-refractivity contribution in [2.45, 2.75) is 19.4 Å². The zero-order chi connectivity index (χ0) is 23.4.